The minimum Gasteiger partial charge on any atom is -0.478 e. The maximum absolute atomic E-state index is 10.7. The van der Waals surface area contributed by atoms with E-state index in [0.29, 0.717) is 11.1 Å². The van der Waals surface area contributed by atoms with Gasteiger partial charge in [-0.25, -0.2) is 4.79 Å². The molecule has 0 aromatic heterocycles. The first-order chi connectivity index (χ1) is 5.66. The second kappa shape index (κ2) is 3.59. The number of aryl methyl sites for hydroxylation is 1. The first-order valence-electron chi connectivity index (χ1n) is 3.54. The van der Waals surface area contributed by atoms with Crippen molar-refractivity contribution in [2.75, 3.05) is 0 Å². The maximum atomic E-state index is 10.7. The first kappa shape index (κ1) is 9.07. The Morgan fingerprint density at radius 3 is 2.67 bits per heavy atom. The molecule has 0 fully saturated rings. The molecule has 64 valence electrons. The summed E-state index contributed by atoms with van der Waals surface area (Å²) in [4.78, 5) is 10.7. The van der Waals surface area contributed by atoms with E-state index in [-0.39, 0.29) is 5.88 Å². The molecule has 0 radical (unpaired) electrons. The van der Waals surface area contributed by atoms with E-state index >= 15 is 0 Å². The van der Waals surface area contributed by atoms with Crippen LogP contribution in [0.15, 0.2) is 18.2 Å². The van der Waals surface area contributed by atoms with E-state index in [0.717, 1.165) is 5.56 Å². The molecule has 2 nitrogen and oxygen atoms in total. The highest BCUT2D eigenvalue weighted by atomic mass is 35.5. The summed E-state index contributed by atoms with van der Waals surface area (Å²) in [7, 11) is 0. The molecule has 0 bridgehead atoms. The number of hydrogen-bond donors (Lipinski definition) is 1. The van der Waals surface area contributed by atoms with Crippen molar-refractivity contribution in [1.82, 2.24) is 0 Å². The third-order valence-corrected chi connectivity index (χ3v) is 2.04. The largest absolute Gasteiger partial charge is 0.478 e. The summed E-state index contributed by atoms with van der Waals surface area (Å²) in [5.41, 5.74) is 1.92. The predicted molar refractivity (Wildman–Crippen MR) is 47.7 cm³/mol. The maximum Gasteiger partial charge on any atom is 0.336 e. The fraction of sp³-hybridized carbons (Fsp3) is 0.222. The zero-order valence-corrected chi connectivity index (χ0v) is 7.43. The molecule has 3 heteroatoms. The van der Waals surface area contributed by atoms with Gasteiger partial charge in [-0.3, -0.25) is 0 Å². The van der Waals surface area contributed by atoms with Crippen LogP contribution in [0, 0.1) is 6.92 Å². The predicted octanol–water partition coefficient (Wildman–Crippen LogP) is 2.43. The topological polar surface area (TPSA) is 37.3 Å². The van der Waals surface area contributed by atoms with E-state index in [4.69, 9.17) is 16.7 Å². The van der Waals surface area contributed by atoms with Gasteiger partial charge in [0.2, 0.25) is 0 Å². The Hall–Kier alpha value is -1.02. The normalized spacial score (nSPS) is 9.83. The van der Waals surface area contributed by atoms with Gasteiger partial charge in [0.25, 0.3) is 0 Å². The Bertz CT molecular complexity index is 307. The van der Waals surface area contributed by atoms with E-state index < -0.39 is 5.97 Å². The zero-order valence-electron chi connectivity index (χ0n) is 6.67. The summed E-state index contributed by atoms with van der Waals surface area (Å²) >= 11 is 5.62. The summed E-state index contributed by atoms with van der Waals surface area (Å²) in [5.74, 6) is -0.678. The number of aromatic carboxylic acids is 1. The minimum absolute atomic E-state index is 0.244. The fourth-order valence-corrected chi connectivity index (χ4v) is 1.43. The number of alkyl halides is 1. The van der Waals surface area contributed by atoms with Crippen LogP contribution in [0.3, 0.4) is 0 Å². The summed E-state index contributed by atoms with van der Waals surface area (Å²) in [5, 5.41) is 8.76. The van der Waals surface area contributed by atoms with Crippen LogP contribution in [0.4, 0.5) is 0 Å². The average molecular weight is 185 g/mol. The standard InChI is InChI=1S/C9H9ClO2/c1-6-3-2-4-7(9(11)12)8(6)5-10/h2-4H,5H2,1H3,(H,11,12). The second-order valence-corrected chi connectivity index (χ2v) is 2.81. The Balaban J connectivity index is 3.27. The van der Waals surface area contributed by atoms with Crippen LogP contribution in [0.5, 0.6) is 0 Å². The van der Waals surface area contributed by atoms with Gasteiger partial charge in [-0.15, -0.1) is 11.6 Å². The molecule has 12 heavy (non-hydrogen) atoms. The Morgan fingerprint density at radius 2 is 2.25 bits per heavy atom. The van der Waals surface area contributed by atoms with Gasteiger partial charge in [-0.2, -0.15) is 0 Å². The van der Waals surface area contributed by atoms with Gasteiger partial charge in [0.05, 0.1) is 5.56 Å². The van der Waals surface area contributed by atoms with Gasteiger partial charge in [-0.1, -0.05) is 12.1 Å². The Morgan fingerprint density at radius 1 is 1.58 bits per heavy atom. The lowest BCUT2D eigenvalue weighted by atomic mass is 10.0. The molecule has 0 atom stereocenters. The van der Waals surface area contributed by atoms with E-state index in [2.05, 4.69) is 0 Å². The molecule has 0 spiro atoms. The molecule has 0 aliphatic heterocycles. The fourth-order valence-electron chi connectivity index (χ4n) is 1.08. The molecular weight excluding hydrogens is 176 g/mol. The lowest BCUT2D eigenvalue weighted by Gasteiger charge is -2.04. The van der Waals surface area contributed by atoms with Crippen molar-refractivity contribution in [3.05, 3.63) is 34.9 Å². The number of carboxylic acid groups (broad SMARTS) is 1. The van der Waals surface area contributed by atoms with E-state index in [1.807, 2.05) is 13.0 Å². The van der Waals surface area contributed by atoms with Gasteiger partial charge in [0, 0.05) is 5.88 Å². The number of carboxylic acids is 1. The Labute approximate surface area is 75.8 Å². The van der Waals surface area contributed by atoms with Crippen LogP contribution in [0.1, 0.15) is 21.5 Å². The van der Waals surface area contributed by atoms with Gasteiger partial charge in [0.15, 0.2) is 0 Å². The highest BCUT2D eigenvalue weighted by molar-refractivity contribution is 6.17. The van der Waals surface area contributed by atoms with Crippen LogP contribution in [-0.4, -0.2) is 11.1 Å². The van der Waals surface area contributed by atoms with Crippen molar-refractivity contribution in [1.29, 1.82) is 0 Å². The van der Waals surface area contributed by atoms with E-state index in [1.165, 1.54) is 0 Å². The molecule has 0 amide bonds. The molecule has 1 N–H and O–H groups in total. The summed E-state index contributed by atoms with van der Waals surface area (Å²) in [6, 6.07) is 5.13. The zero-order chi connectivity index (χ0) is 9.14. The molecular formula is C9H9ClO2. The smallest absolute Gasteiger partial charge is 0.336 e. The SMILES string of the molecule is Cc1cccc(C(=O)O)c1CCl. The molecule has 0 saturated carbocycles. The van der Waals surface area contributed by atoms with Crippen molar-refractivity contribution < 1.29 is 9.90 Å². The summed E-state index contributed by atoms with van der Waals surface area (Å²) in [6.45, 7) is 1.85. The van der Waals surface area contributed by atoms with Crippen LogP contribution in [0.2, 0.25) is 0 Å². The molecule has 1 aromatic rings. The van der Waals surface area contributed by atoms with Crippen molar-refractivity contribution in [2.45, 2.75) is 12.8 Å². The van der Waals surface area contributed by atoms with Crippen molar-refractivity contribution in [3.63, 3.8) is 0 Å². The minimum atomic E-state index is -0.922. The van der Waals surface area contributed by atoms with E-state index in [9.17, 15) is 4.79 Å². The van der Waals surface area contributed by atoms with Crippen LogP contribution >= 0.6 is 11.6 Å². The lowest BCUT2D eigenvalue weighted by molar-refractivity contribution is 0.0696. The quantitative estimate of drug-likeness (QED) is 0.717. The monoisotopic (exact) mass is 184 g/mol. The third kappa shape index (κ3) is 1.59. The third-order valence-electron chi connectivity index (χ3n) is 1.77. The molecule has 0 aliphatic rings. The van der Waals surface area contributed by atoms with Gasteiger partial charge >= 0.3 is 5.97 Å². The number of halogens is 1. The highest BCUT2D eigenvalue weighted by Gasteiger charge is 2.09. The Kier molecular flexibility index (Phi) is 2.71. The van der Waals surface area contributed by atoms with Crippen LogP contribution < -0.4 is 0 Å². The first-order valence-corrected chi connectivity index (χ1v) is 4.08. The number of rotatable bonds is 2. The number of hydrogen-bond acceptors (Lipinski definition) is 1. The summed E-state index contributed by atoms with van der Waals surface area (Å²) in [6.07, 6.45) is 0. The highest BCUT2D eigenvalue weighted by Crippen LogP contribution is 2.16. The van der Waals surface area contributed by atoms with Gasteiger partial charge < -0.3 is 5.11 Å². The molecule has 0 aliphatic carbocycles. The molecule has 0 unspecified atom stereocenters. The molecule has 1 rings (SSSR count). The second-order valence-electron chi connectivity index (χ2n) is 2.54. The van der Waals surface area contributed by atoms with Crippen molar-refractivity contribution >= 4 is 17.6 Å². The van der Waals surface area contributed by atoms with Gasteiger partial charge in [0.1, 0.15) is 0 Å². The number of benzene rings is 1. The van der Waals surface area contributed by atoms with Gasteiger partial charge in [-0.05, 0) is 24.1 Å². The van der Waals surface area contributed by atoms with E-state index in [1.54, 1.807) is 12.1 Å². The lowest BCUT2D eigenvalue weighted by Crippen LogP contribution is -2.02. The average Bonchev–Trinajstić information content (AvgIpc) is 2.03. The molecule has 1 aromatic carbocycles. The van der Waals surface area contributed by atoms with Crippen molar-refractivity contribution in [3.8, 4) is 0 Å². The molecule has 0 saturated heterocycles. The summed E-state index contributed by atoms with van der Waals surface area (Å²) < 4.78 is 0. The van der Waals surface area contributed by atoms with Crippen LogP contribution in [0.25, 0.3) is 0 Å². The molecule has 0 heterocycles. The van der Waals surface area contributed by atoms with Crippen molar-refractivity contribution in [2.24, 2.45) is 0 Å². The number of carbonyl (C=O) groups is 1. The van der Waals surface area contributed by atoms with Crippen LogP contribution in [-0.2, 0) is 5.88 Å².